The molecule has 1 atom stereocenters. The Labute approximate surface area is 103 Å². The summed E-state index contributed by atoms with van der Waals surface area (Å²) in [6, 6.07) is 0. The first-order valence-electron chi connectivity index (χ1n) is 6.50. The summed E-state index contributed by atoms with van der Waals surface area (Å²) in [5, 5.41) is 21.8. The smallest absolute Gasteiger partial charge is 0.223 e. The van der Waals surface area contributed by atoms with Crippen LogP contribution in [0.2, 0.25) is 0 Å². The van der Waals surface area contributed by atoms with E-state index in [1.165, 1.54) is 0 Å². The van der Waals surface area contributed by atoms with Gasteiger partial charge < -0.3 is 15.5 Å². The Kier molecular flexibility index (Phi) is 4.95. The average Bonchev–Trinajstić information content (AvgIpc) is 2.29. The maximum absolute atomic E-state index is 12.1. The van der Waals surface area contributed by atoms with Crippen LogP contribution in [0, 0.1) is 11.8 Å². The third-order valence-electron chi connectivity index (χ3n) is 4.08. The normalized spacial score (nSPS) is 28.8. The average molecular weight is 243 g/mol. The van der Waals surface area contributed by atoms with Crippen molar-refractivity contribution in [2.45, 2.75) is 58.1 Å². The molecule has 0 aromatic heterocycles. The summed E-state index contributed by atoms with van der Waals surface area (Å²) in [4.78, 5) is 12.1. The second-order valence-electron chi connectivity index (χ2n) is 5.72. The maximum Gasteiger partial charge on any atom is 0.223 e. The van der Waals surface area contributed by atoms with Gasteiger partial charge in [0.15, 0.2) is 0 Å². The number of carbonyl (C=O) groups is 1. The zero-order chi connectivity index (χ0) is 13.1. The largest absolute Gasteiger partial charge is 0.394 e. The summed E-state index contributed by atoms with van der Waals surface area (Å²) in [5.74, 6) is 0.191. The first kappa shape index (κ1) is 14.5. The van der Waals surface area contributed by atoms with Gasteiger partial charge in [-0.2, -0.15) is 0 Å². The number of aliphatic hydroxyl groups excluding tert-OH is 2. The van der Waals surface area contributed by atoms with Crippen molar-refractivity contribution < 1.29 is 15.0 Å². The van der Waals surface area contributed by atoms with Crippen LogP contribution < -0.4 is 5.32 Å². The van der Waals surface area contributed by atoms with Gasteiger partial charge in [0.25, 0.3) is 0 Å². The molecule has 1 aliphatic carbocycles. The second kappa shape index (κ2) is 5.83. The van der Waals surface area contributed by atoms with Crippen molar-refractivity contribution in [2.24, 2.45) is 11.8 Å². The molecular weight excluding hydrogens is 218 g/mol. The fourth-order valence-corrected chi connectivity index (χ4v) is 2.09. The molecule has 4 heteroatoms. The zero-order valence-electron chi connectivity index (χ0n) is 11.1. The predicted octanol–water partition coefficient (Wildman–Crippen LogP) is 1.06. The number of carbonyl (C=O) groups excluding carboxylic acids is 1. The predicted molar refractivity (Wildman–Crippen MR) is 66.4 cm³/mol. The van der Waals surface area contributed by atoms with Crippen molar-refractivity contribution in [3.05, 3.63) is 0 Å². The molecule has 3 N–H and O–H groups in total. The number of rotatable bonds is 4. The Bertz CT molecular complexity index is 259. The lowest BCUT2D eigenvalue weighted by molar-refractivity contribution is -0.129. The molecule has 1 amide bonds. The molecule has 1 rings (SSSR count). The fraction of sp³-hybridized carbons (Fsp3) is 0.923. The Morgan fingerprint density at radius 2 is 1.88 bits per heavy atom. The summed E-state index contributed by atoms with van der Waals surface area (Å²) in [5.41, 5.74) is -0.548. The van der Waals surface area contributed by atoms with E-state index in [1.54, 1.807) is 0 Å². The van der Waals surface area contributed by atoms with Gasteiger partial charge in [0, 0.05) is 5.92 Å². The van der Waals surface area contributed by atoms with Crippen LogP contribution >= 0.6 is 0 Å². The lowest BCUT2D eigenvalue weighted by Gasteiger charge is -2.35. The van der Waals surface area contributed by atoms with E-state index in [2.05, 4.69) is 5.32 Å². The third-order valence-corrected chi connectivity index (χ3v) is 4.08. The van der Waals surface area contributed by atoms with E-state index >= 15 is 0 Å². The topological polar surface area (TPSA) is 69.6 Å². The third kappa shape index (κ3) is 3.68. The van der Waals surface area contributed by atoms with Gasteiger partial charge in [0.1, 0.15) is 0 Å². The van der Waals surface area contributed by atoms with Gasteiger partial charge in [-0.3, -0.25) is 4.79 Å². The summed E-state index contributed by atoms with van der Waals surface area (Å²) in [7, 11) is 0. The van der Waals surface area contributed by atoms with Crippen molar-refractivity contribution in [1.82, 2.24) is 5.32 Å². The van der Waals surface area contributed by atoms with Gasteiger partial charge in [-0.05, 0) is 38.5 Å². The number of amides is 1. The van der Waals surface area contributed by atoms with Crippen LogP contribution in [0.15, 0.2) is 0 Å². The van der Waals surface area contributed by atoms with E-state index in [4.69, 9.17) is 0 Å². The lowest BCUT2D eigenvalue weighted by Crippen LogP contribution is -2.54. The number of hydrogen-bond donors (Lipinski definition) is 3. The Morgan fingerprint density at radius 1 is 1.35 bits per heavy atom. The van der Waals surface area contributed by atoms with Gasteiger partial charge >= 0.3 is 0 Å². The Balaban J connectivity index is 2.53. The molecule has 100 valence electrons. The molecule has 1 aliphatic rings. The van der Waals surface area contributed by atoms with Crippen molar-refractivity contribution in [2.75, 3.05) is 6.61 Å². The van der Waals surface area contributed by atoms with Gasteiger partial charge in [-0.25, -0.2) is 0 Å². The standard InChI is InChI=1S/C13H25NO3/c1-9(2)13(3,8-15)14-12(17)10-4-6-11(16)7-5-10/h9-11,15-16H,4-8H2,1-3H3,(H,14,17). The van der Waals surface area contributed by atoms with Crippen LogP contribution in [0.25, 0.3) is 0 Å². The van der Waals surface area contributed by atoms with E-state index in [1.807, 2.05) is 20.8 Å². The molecule has 1 unspecified atom stereocenters. The molecule has 0 aromatic carbocycles. The lowest BCUT2D eigenvalue weighted by atomic mass is 9.84. The zero-order valence-corrected chi connectivity index (χ0v) is 11.1. The maximum atomic E-state index is 12.1. The number of hydrogen-bond acceptors (Lipinski definition) is 3. The van der Waals surface area contributed by atoms with E-state index in [0.717, 1.165) is 12.8 Å². The number of aliphatic hydroxyl groups is 2. The van der Waals surface area contributed by atoms with Crippen LogP contribution in [0.4, 0.5) is 0 Å². The molecule has 1 fully saturated rings. The summed E-state index contributed by atoms with van der Waals surface area (Å²) >= 11 is 0. The van der Waals surface area contributed by atoms with Crippen LogP contribution in [-0.2, 0) is 4.79 Å². The fourth-order valence-electron chi connectivity index (χ4n) is 2.09. The first-order valence-corrected chi connectivity index (χ1v) is 6.50. The van der Waals surface area contributed by atoms with Crippen LogP contribution in [0.5, 0.6) is 0 Å². The molecule has 0 aliphatic heterocycles. The minimum absolute atomic E-state index is 0.0111. The first-order chi connectivity index (χ1) is 7.89. The molecule has 0 aromatic rings. The van der Waals surface area contributed by atoms with Crippen molar-refractivity contribution in [3.8, 4) is 0 Å². The van der Waals surface area contributed by atoms with Crippen molar-refractivity contribution in [1.29, 1.82) is 0 Å². The monoisotopic (exact) mass is 243 g/mol. The van der Waals surface area contributed by atoms with Crippen molar-refractivity contribution in [3.63, 3.8) is 0 Å². The van der Waals surface area contributed by atoms with E-state index in [-0.39, 0.29) is 30.5 Å². The molecule has 0 heterocycles. The van der Waals surface area contributed by atoms with E-state index in [0.29, 0.717) is 12.8 Å². The van der Waals surface area contributed by atoms with Crippen LogP contribution in [0.3, 0.4) is 0 Å². The quantitative estimate of drug-likeness (QED) is 0.691. The van der Waals surface area contributed by atoms with Crippen LogP contribution in [-0.4, -0.2) is 34.4 Å². The minimum Gasteiger partial charge on any atom is -0.394 e. The van der Waals surface area contributed by atoms with Gasteiger partial charge in [0.2, 0.25) is 5.91 Å². The summed E-state index contributed by atoms with van der Waals surface area (Å²) in [6.07, 6.45) is 2.65. The molecule has 0 bridgehead atoms. The minimum atomic E-state index is -0.548. The highest BCUT2D eigenvalue weighted by Gasteiger charge is 2.33. The van der Waals surface area contributed by atoms with Gasteiger partial charge in [-0.15, -0.1) is 0 Å². The second-order valence-corrected chi connectivity index (χ2v) is 5.72. The van der Waals surface area contributed by atoms with E-state index < -0.39 is 5.54 Å². The molecule has 17 heavy (non-hydrogen) atoms. The summed E-state index contributed by atoms with van der Waals surface area (Å²) < 4.78 is 0. The molecule has 0 radical (unpaired) electrons. The Hall–Kier alpha value is -0.610. The highest BCUT2D eigenvalue weighted by atomic mass is 16.3. The number of nitrogens with one attached hydrogen (secondary N) is 1. The molecule has 0 spiro atoms. The molecule has 4 nitrogen and oxygen atoms in total. The van der Waals surface area contributed by atoms with E-state index in [9.17, 15) is 15.0 Å². The molecule has 0 saturated heterocycles. The van der Waals surface area contributed by atoms with Crippen molar-refractivity contribution >= 4 is 5.91 Å². The van der Waals surface area contributed by atoms with Gasteiger partial charge in [-0.1, -0.05) is 13.8 Å². The van der Waals surface area contributed by atoms with Crippen LogP contribution in [0.1, 0.15) is 46.5 Å². The highest BCUT2D eigenvalue weighted by molar-refractivity contribution is 5.79. The molecule has 1 saturated carbocycles. The highest BCUT2D eigenvalue weighted by Crippen LogP contribution is 2.25. The Morgan fingerprint density at radius 3 is 2.29 bits per heavy atom. The SMILES string of the molecule is CC(C)C(C)(CO)NC(=O)C1CCC(O)CC1. The summed E-state index contributed by atoms with van der Waals surface area (Å²) in [6.45, 7) is 5.79. The van der Waals surface area contributed by atoms with Gasteiger partial charge in [0.05, 0.1) is 18.2 Å². The molecular formula is C13H25NO3.